The van der Waals surface area contributed by atoms with Crippen LogP contribution in [0.25, 0.3) is 44.4 Å². The van der Waals surface area contributed by atoms with Crippen LogP contribution < -0.4 is 4.74 Å². The van der Waals surface area contributed by atoms with Crippen molar-refractivity contribution < 1.29 is 25.8 Å². The summed E-state index contributed by atoms with van der Waals surface area (Å²) >= 11 is 0. The maximum atomic E-state index is 6.44. The van der Waals surface area contributed by atoms with Crippen LogP contribution in [0.4, 0.5) is 0 Å². The number of ether oxygens (including phenoxy) is 1. The third-order valence-corrected chi connectivity index (χ3v) is 9.40. The Bertz CT molecular complexity index is 2340. The van der Waals surface area contributed by atoms with Gasteiger partial charge in [-0.05, 0) is 80.3 Å². The zero-order chi connectivity index (χ0) is 35.6. The molecule has 0 spiro atoms. The van der Waals surface area contributed by atoms with Crippen LogP contribution in [-0.2, 0) is 37.3 Å². The molecule has 6 heteroatoms. The molecular formula is C45H46N4OPt. The molecular weight excluding hydrogens is 808 g/mol. The normalized spacial score (nSPS) is 12.4. The summed E-state index contributed by atoms with van der Waals surface area (Å²) in [5.41, 5.74) is 10.2. The third-order valence-electron chi connectivity index (χ3n) is 9.40. The second-order valence-corrected chi connectivity index (χ2v) is 16.5. The Kier molecular flexibility index (Phi) is 9.44. The molecule has 3 heterocycles. The minimum Gasteiger partial charge on any atom is -0.509 e. The summed E-state index contributed by atoms with van der Waals surface area (Å²) in [5.74, 6) is 2.05. The minimum atomic E-state index is -0.0582. The van der Waals surface area contributed by atoms with E-state index in [9.17, 15) is 0 Å². The monoisotopic (exact) mass is 853 g/mol. The van der Waals surface area contributed by atoms with E-state index in [1.807, 2.05) is 47.4 Å². The van der Waals surface area contributed by atoms with Crippen LogP contribution in [0.15, 0.2) is 97.5 Å². The molecule has 0 amide bonds. The predicted octanol–water partition coefficient (Wildman–Crippen LogP) is 11.6. The van der Waals surface area contributed by atoms with Crippen molar-refractivity contribution in [1.82, 2.24) is 19.3 Å². The van der Waals surface area contributed by atoms with Gasteiger partial charge in [0.05, 0.1) is 6.20 Å². The summed E-state index contributed by atoms with van der Waals surface area (Å²) in [6, 6.07) is 34.3. The fourth-order valence-corrected chi connectivity index (χ4v) is 6.71. The van der Waals surface area contributed by atoms with Crippen LogP contribution in [0.5, 0.6) is 11.5 Å². The number of rotatable bonds is 5. The van der Waals surface area contributed by atoms with Gasteiger partial charge in [-0.15, -0.1) is 35.7 Å². The van der Waals surface area contributed by atoms with E-state index in [1.54, 1.807) is 0 Å². The van der Waals surface area contributed by atoms with Crippen LogP contribution in [0.2, 0.25) is 0 Å². The van der Waals surface area contributed by atoms with Gasteiger partial charge >= 0.3 is 21.1 Å². The molecule has 0 bridgehead atoms. The van der Waals surface area contributed by atoms with Gasteiger partial charge in [-0.2, -0.15) is 17.2 Å². The molecule has 3 aromatic heterocycles. The number of benzene rings is 4. The fourth-order valence-electron chi connectivity index (χ4n) is 6.71. The molecule has 5 nitrogen and oxygen atoms in total. The maximum absolute atomic E-state index is 6.44. The van der Waals surface area contributed by atoms with Gasteiger partial charge in [0.25, 0.3) is 0 Å². The first-order chi connectivity index (χ1) is 23.6. The molecule has 7 rings (SSSR count). The van der Waals surface area contributed by atoms with E-state index in [2.05, 4.69) is 141 Å². The molecule has 0 aliphatic rings. The van der Waals surface area contributed by atoms with E-state index < -0.39 is 0 Å². The molecule has 4 aromatic carbocycles. The molecule has 0 atom stereocenters. The van der Waals surface area contributed by atoms with E-state index in [0.717, 1.165) is 44.4 Å². The first-order valence-electron chi connectivity index (χ1n) is 17.4. The van der Waals surface area contributed by atoms with Gasteiger partial charge in [0, 0.05) is 35.0 Å². The minimum absolute atomic E-state index is 0. The van der Waals surface area contributed by atoms with E-state index in [1.165, 1.54) is 22.3 Å². The van der Waals surface area contributed by atoms with Gasteiger partial charge in [-0.1, -0.05) is 98.2 Å². The maximum Gasteiger partial charge on any atom is 2.00 e. The second kappa shape index (κ2) is 13.3. The second-order valence-electron chi connectivity index (χ2n) is 16.5. The number of hydrogen-bond donors (Lipinski definition) is 0. The zero-order valence-electron chi connectivity index (χ0n) is 31.3. The molecule has 0 radical (unpaired) electrons. The van der Waals surface area contributed by atoms with Crippen LogP contribution in [0.1, 0.15) is 84.6 Å². The topological polar surface area (TPSA) is 44.9 Å². The van der Waals surface area contributed by atoms with Crippen molar-refractivity contribution in [1.29, 1.82) is 0 Å². The third kappa shape index (κ3) is 7.06. The summed E-state index contributed by atoms with van der Waals surface area (Å²) in [4.78, 5) is 4.70. The van der Waals surface area contributed by atoms with Crippen LogP contribution in [0.3, 0.4) is 0 Å². The zero-order valence-corrected chi connectivity index (χ0v) is 33.5. The Morgan fingerprint density at radius 1 is 0.686 bits per heavy atom. The molecule has 0 aliphatic carbocycles. The predicted molar refractivity (Wildman–Crippen MR) is 206 cm³/mol. The smallest absolute Gasteiger partial charge is 0.509 e. The van der Waals surface area contributed by atoms with E-state index >= 15 is 0 Å². The largest absolute Gasteiger partial charge is 2.00 e. The van der Waals surface area contributed by atoms with E-state index in [-0.39, 0.29) is 37.3 Å². The SMILES string of the molecule is Cc1ccnc(-n2c3[c-]c(Oc4[c-]c(-n5cc(-c6c(C(C)(C)C)cc(C(C)(C)C)cc6C(C)(C)C)cn5)ccc4)ccc3c3ccccc32)c1.[Pt+2]. The van der Waals surface area contributed by atoms with Gasteiger partial charge < -0.3 is 9.30 Å². The molecule has 0 saturated carbocycles. The molecule has 0 saturated heterocycles. The summed E-state index contributed by atoms with van der Waals surface area (Å²) in [6.07, 6.45) is 5.96. The van der Waals surface area contributed by atoms with Crippen molar-refractivity contribution in [3.63, 3.8) is 0 Å². The van der Waals surface area contributed by atoms with Crippen molar-refractivity contribution in [3.05, 3.63) is 132 Å². The Morgan fingerprint density at radius 3 is 2.04 bits per heavy atom. The first kappa shape index (κ1) is 36.3. The fraction of sp³-hybridized carbons (Fsp3) is 0.289. The number of fused-ring (bicyclic) bond motifs is 3. The number of hydrogen-bond acceptors (Lipinski definition) is 3. The van der Waals surface area contributed by atoms with Gasteiger partial charge in [0.2, 0.25) is 0 Å². The van der Waals surface area contributed by atoms with Crippen molar-refractivity contribution >= 4 is 21.8 Å². The Hall–Kier alpha value is -4.47. The van der Waals surface area contributed by atoms with E-state index in [0.29, 0.717) is 11.5 Å². The van der Waals surface area contributed by atoms with Crippen LogP contribution >= 0.6 is 0 Å². The number of aromatic nitrogens is 4. The molecule has 0 fully saturated rings. The molecule has 0 N–H and O–H groups in total. The summed E-state index contributed by atoms with van der Waals surface area (Å²) in [6.45, 7) is 22.8. The van der Waals surface area contributed by atoms with Gasteiger partial charge in [0.1, 0.15) is 5.82 Å². The molecule has 51 heavy (non-hydrogen) atoms. The Morgan fingerprint density at radius 2 is 1.37 bits per heavy atom. The average Bonchev–Trinajstić information content (AvgIpc) is 3.66. The average molecular weight is 854 g/mol. The summed E-state index contributed by atoms with van der Waals surface area (Å²) in [7, 11) is 0. The van der Waals surface area contributed by atoms with E-state index in [4.69, 9.17) is 14.8 Å². The van der Waals surface area contributed by atoms with Crippen molar-refractivity contribution in [2.24, 2.45) is 0 Å². The molecule has 7 aromatic rings. The number of nitrogens with zero attached hydrogens (tertiary/aromatic N) is 4. The molecule has 0 unspecified atom stereocenters. The number of aryl methyl sites for hydroxylation is 1. The van der Waals surface area contributed by atoms with Crippen molar-refractivity contribution in [2.75, 3.05) is 0 Å². The Labute approximate surface area is 317 Å². The Balaban J connectivity index is 0.00000448. The van der Waals surface area contributed by atoms with Crippen LogP contribution in [0, 0.1) is 19.1 Å². The van der Waals surface area contributed by atoms with Gasteiger partial charge in [-0.25, -0.2) is 4.98 Å². The quantitative estimate of drug-likeness (QED) is 0.162. The number of pyridine rings is 1. The molecule has 262 valence electrons. The number of para-hydroxylation sites is 1. The van der Waals surface area contributed by atoms with Crippen molar-refractivity contribution in [3.8, 4) is 34.1 Å². The standard InChI is InChI=1S/C45H46N4O.Pt/c1-29-20-21-46-41(22-29)49-39-17-12-11-16-35(39)36-19-18-34(26-40(36)49)50-33-15-13-14-32(25-33)48-28-30(27-47-48)42-37(44(5,6)7)23-31(43(2,3)4)24-38(42)45(8,9)10;/h11-24,27-28H,1-10H3;/q-2;+2. The molecule has 0 aliphatic heterocycles. The van der Waals surface area contributed by atoms with Gasteiger partial charge in [0.15, 0.2) is 0 Å². The van der Waals surface area contributed by atoms with Crippen molar-refractivity contribution in [2.45, 2.75) is 85.5 Å². The van der Waals surface area contributed by atoms with Gasteiger partial charge in [-0.3, -0.25) is 4.68 Å². The first-order valence-corrected chi connectivity index (χ1v) is 17.4. The van der Waals surface area contributed by atoms with Crippen LogP contribution in [-0.4, -0.2) is 19.3 Å². The summed E-state index contributed by atoms with van der Waals surface area (Å²) < 4.78 is 10.5. The summed E-state index contributed by atoms with van der Waals surface area (Å²) in [5, 5.41) is 7.10.